The number of fused-ring (bicyclic) bond motifs is 7. The average Bonchev–Trinajstić information content (AvgIpc) is 3.45. The van der Waals surface area contributed by atoms with E-state index >= 15 is 0 Å². The minimum Gasteiger partial charge on any atom is -0.0881 e. The highest BCUT2D eigenvalue weighted by Gasteiger charge is 2.46. The average molecular weight is 617 g/mol. The van der Waals surface area contributed by atoms with Crippen molar-refractivity contribution >= 4 is 28.1 Å². The van der Waals surface area contributed by atoms with E-state index in [0.717, 1.165) is 6.42 Å². The van der Waals surface area contributed by atoms with Crippen molar-refractivity contribution in [2.45, 2.75) is 34.5 Å². The van der Waals surface area contributed by atoms with Crippen molar-refractivity contribution in [2.75, 3.05) is 0 Å². The predicted molar refractivity (Wildman–Crippen MR) is 197 cm³/mol. The molecule has 0 amide bonds. The van der Waals surface area contributed by atoms with Crippen molar-refractivity contribution in [2.24, 2.45) is 0 Å². The summed E-state index contributed by atoms with van der Waals surface area (Å²) in [7, 11) is 0. The lowest BCUT2D eigenvalue weighted by Crippen LogP contribution is -2.28. The highest BCUT2D eigenvalue weighted by atomic mass is 32.2. The molecular weight excluding hydrogens is 585 g/mol. The quantitative estimate of drug-likeness (QED) is 0.190. The van der Waals surface area contributed by atoms with Crippen molar-refractivity contribution in [1.29, 1.82) is 0 Å². The summed E-state index contributed by atoms with van der Waals surface area (Å²) >= 11 is 1.94. The van der Waals surface area contributed by atoms with Gasteiger partial charge in [0.15, 0.2) is 0 Å². The molecule has 0 saturated carbocycles. The van der Waals surface area contributed by atoms with Crippen LogP contribution in [0.25, 0.3) is 38.6 Å². The van der Waals surface area contributed by atoms with Crippen molar-refractivity contribution in [3.63, 3.8) is 0 Å². The first-order valence-electron chi connectivity index (χ1n) is 16.7. The number of allylic oxidation sites excluding steroid dienone is 1. The summed E-state index contributed by atoms with van der Waals surface area (Å²) in [5.41, 5.74) is 15.8. The largest absolute Gasteiger partial charge is 0.0881 e. The van der Waals surface area contributed by atoms with Gasteiger partial charge in [-0.05, 0) is 96.5 Å². The summed E-state index contributed by atoms with van der Waals surface area (Å²) < 4.78 is 0. The molecule has 7 aromatic rings. The first-order chi connectivity index (χ1) is 23.2. The van der Waals surface area contributed by atoms with E-state index in [1.807, 2.05) is 11.8 Å². The Morgan fingerprint density at radius 3 is 2.26 bits per heavy atom. The van der Waals surface area contributed by atoms with Crippen LogP contribution in [-0.4, -0.2) is 0 Å². The zero-order valence-corrected chi connectivity index (χ0v) is 27.0. The van der Waals surface area contributed by atoms with Crippen LogP contribution in [0.4, 0.5) is 0 Å². The van der Waals surface area contributed by atoms with Crippen LogP contribution in [0, 0.1) is 0 Å². The minimum atomic E-state index is -0.446. The minimum absolute atomic E-state index is 0.446. The number of rotatable bonds is 3. The van der Waals surface area contributed by atoms with Crippen molar-refractivity contribution in [1.82, 2.24) is 0 Å². The second kappa shape index (κ2) is 10.2. The van der Waals surface area contributed by atoms with Crippen molar-refractivity contribution in [3.05, 3.63) is 197 Å². The van der Waals surface area contributed by atoms with E-state index in [1.54, 1.807) is 0 Å². The van der Waals surface area contributed by atoms with Gasteiger partial charge in [0.1, 0.15) is 0 Å². The smallest absolute Gasteiger partial charge is 0.0714 e. The summed E-state index contributed by atoms with van der Waals surface area (Å²) in [6, 6.07) is 57.0. The fourth-order valence-electron chi connectivity index (χ4n) is 8.72. The van der Waals surface area contributed by atoms with Crippen molar-refractivity contribution in [3.8, 4) is 22.3 Å². The second-order valence-electron chi connectivity index (χ2n) is 13.2. The Bertz CT molecular complexity index is 2430. The molecule has 0 aromatic heterocycles. The van der Waals surface area contributed by atoms with Crippen molar-refractivity contribution < 1.29 is 0 Å². The molecule has 0 nitrogen and oxygen atoms in total. The molecule has 1 heterocycles. The van der Waals surface area contributed by atoms with E-state index in [4.69, 9.17) is 0 Å². The molecular formula is C46H32S. The number of benzene rings is 7. The van der Waals surface area contributed by atoms with Crippen LogP contribution in [-0.2, 0) is 5.41 Å². The summed E-state index contributed by atoms with van der Waals surface area (Å²) in [6.45, 7) is 2.37. The van der Waals surface area contributed by atoms with Gasteiger partial charge in [-0.2, -0.15) is 0 Å². The van der Waals surface area contributed by atoms with E-state index in [-0.39, 0.29) is 0 Å². The van der Waals surface area contributed by atoms with E-state index in [0.29, 0.717) is 5.92 Å². The Hall–Kier alpha value is -5.11. The summed E-state index contributed by atoms with van der Waals surface area (Å²) in [5, 5.41) is 2.59. The molecule has 1 aliphatic heterocycles. The van der Waals surface area contributed by atoms with Gasteiger partial charge in [0.2, 0.25) is 0 Å². The lowest BCUT2D eigenvalue weighted by atomic mass is 9.67. The Balaban J connectivity index is 1.26. The van der Waals surface area contributed by atoms with Gasteiger partial charge in [-0.1, -0.05) is 164 Å². The first kappa shape index (κ1) is 27.0. The van der Waals surface area contributed by atoms with Crippen LogP contribution in [0.2, 0.25) is 0 Å². The standard InChI is InChI=1S/C46H32S/c1-29-22-24-38-37-18-8-10-21-42(37)47-45-36(26-25-34(29)44(38)45)31-13-11-16-33(28-31)46(32-14-3-2-4-15-32)40-20-9-7-19-39(40)43-35-17-6-5-12-30(35)23-27-41(43)46/h2-21,23-29H,22H2,1H3. The molecule has 3 aliphatic rings. The summed E-state index contributed by atoms with van der Waals surface area (Å²) in [5.74, 6) is 0.515. The highest BCUT2D eigenvalue weighted by molar-refractivity contribution is 7.99. The third kappa shape index (κ3) is 3.72. The van der Waals surface area contributed by atoms with Crippen LogP contribution in [0.1, 0.15) is 58.2 Å². The molecule has 2 atom stereocenters. The molecule has 0 saturated heterocycles. The third-order valence-electron chi connectivity index (χ3n) is 10.8. The van der Waals surface area contributed by atoms with Gasteiger partial charge >= 0.3 is 0 Å². The molecule has 10 rings (SSSR count). The molecule has 0 radical (unpaired) electrons. The molecule has 0 fully saturated rings. The van der Waals surface area contributed by atoms with Gasteiger partial charge in [0, 0.05) is 15.4 Å². The predicted octanol–water partition coefficient (Wildman–Crippen LogP) is 12.3. The van der Waals surface area contributed by atoms with E-state index < -0.39 is 5.41 Å². The van der Waals surface area contributed by atoms with Gasteiger partial charge in [-0.3, -0.25) is 0 Å². The molecule has 222 valence electrons. The molecule has 1 heteroatoms. The number of hydrogen-bond acceptors (Lipinski definition) is 1. The van der Waals surface area contributed by atoms with E-state index in [2.05, 4.69) is 165 Å². The number of hydrogen-bond donors (Lipinski definition) is 0. The molecule has 2 unspecified atom stereocenters. The zero-order valence-electron chi connectivity index (χ0n) is 26.2. The van der Waals surface area contributed by atoms with Crippen LogP contribution in [0.15, 0.2) is 168 Å². The van der Waals surface area contributed by atoms with E-state index in [9.17, 15) is 0 Å². The Labute approximate surface area is 280 Å². The molecule has 2 aliphatic carbocycles. The van der Waals surface area contributed by atoms with Gasteiger partial charge in [-0.25, -0.2) is 0 Å². The molecule has 47 heavy (non-hydrogen) atoms. The Morgan fingerprint density at radius 1 is 0.574 bits per heavy atom. The topological polar surface area (TPSA) is 0 Å². The maximum Gasteiger partial charge on any atom is 0.0714 e. The Morgan fingerprint density at radius 2 is 1.34 bits per heavy atom. The summed E-state index contributed by atoms with van der Waals surface area (Å²) in [4.78, 5) is 2.74. The van der Waals surface area contributed by atoms with Gasteiger partial charge in [0.25, 0.3) is 0 Å². The molecule has 7 aromatic carbocycles. The SMILES string of the molecule is CC1CC=C2c3ccccc3Sc3c(-c4cccc(C5(c6ccccc6)c6ccccc6-c6c5ccc5ccccc65)c4)ccc1c32. The van der Waals surface area contributed by atoms with Crippen LogP contribution in [0.5, 0.6) is 0 Å². The lowest BCUT2D eigenvalue weighted by Gasteiger charge is -2.35. The maximum atomic E-state index is 2.49. The van der Waals surface area contributed by atoms with Gasteiger partial charge < -0.3 is 0 Å². The first-order valence-corrected chi connectivity index (χ1v) is 17.5. The van der Waals surface area contributed by atoms with Crippen LogP contribution < -0.4 is 0 Å². The van der Waals surface area contributed by atoms with Crippen LogP contribution in [0.3, 0.4) is 0 Å². The monoisotopic (exact) mass is 616 g/mol. The molecule has 0 spiro atoms. The van der Waals surface area contributed by atoms with Crippen LogP contribution >= 0.6 is 11.8 Å². The summed E-state index contributed by atoms with van der Waals surface area (Å²) in [6.07, 6.45) is 3.57. The maximum absolute atomic E-state index is 2.49. The van der Waals surface area contributed by atoms with Gasteiger partial charge in [-0.15, -0.1) is 0 Å². The fraction of sp³-hybridized carbons (Fsp3) is 0.0870. The van der Waals surface area contributed by atoms with Gasteiger partial charge in [0.05, 0.1) is 5.41 Å². The third-order valence-corrected chi connectivity index (χ3v) is 12.0. The normalized spacial score (nSPS) is 18.6. The van der Waals surface area contributed by atoms with E-state index in [1.165, 1.54) is 87.3 Å². The zero-order chi connectivity index (χ0) is 31.1. The fourth-order valence-corrected chi connectivity index (χ4v) is 10.0. The lowest BCUT2D eigenvalue weighted by molar-refractivity contribution is 0.762. The Kier molecular flexibility index (Phi) is 5.87. The highest BCUT2D eigenvalue weighted by Crippen LogP contribution is 2.59. The molecule has 0 bridgehead atoms. The molecule has 0 N–H and O–H groups in total. The second-order valence-corrected chi connectivity index (χ2v) is 14.3.